The van der Waals surface area contributed by atoms with Gasteiger partial charge in [0.15, 0.2) is 5.96 Å². The number of benzene rings is 2. The number of nitrogens with one attached hydrogen (secondary N) is 2. The van der Waals surface area contributed by atoms with E-state index in [4.69, 9.17) is 9.47 Å². The van der Waals surface area contributed by atoms with Crippen LogP contribution in [-0.4, -0.2) is 44.8 Å². The molecular formula is C25H36N4O2. The molecule has 0 amide bonds. The van der Waals surface area contributed by atoms with Crippen LogP contribution >= 0.6 is 0 Å². The number of methoxy groups -OCH3 is 1. The Hall–Kier alpha value is -2.73. The van der Waals surface area contributed by atoms with Crippen LogP contribution in [0.4, 0.5) is 5.69 Å². The Morgan fingerprint density at radius 3 is 2.65 bits per heavy atom. The molecule has 0 spiro atoms. The van der Waals surface area contributed by atoms with Crippen molar-refractivity contribution in [1.82, 2.24) is 10.6 Å². The Bertz CT molecular complexity index is 876. The maximum atomic E-state index is 5.90. The monoisotopic (exact) mass is 424 g/mol. The second-order valence-electron chi connectivity index (χ2n) is 8.89. The fourth-order valence-corrected chi connectivity index (χ4v) is 3.69. The Labute approximate surface area is 186 Å². The average molecular weight is 425 g/mol. The van der Waals surface area contributed by atoms with Gasteiger partial charge in [-0.05, 0) is 50.5 Å². The Balaban J connectivity index is 1.51. The average Bonchev–Trinajstić information content (AvgIpc) is 3.23. The Kier molecular flexibility index (Phi) is 7.80. The molecule has 1 aliphatic heterocycles. The number of ether oxygens (including phenoxy) is 2. The van der Waals surface area contributed by atoms with Crippen LogP contribution in [0.3, 0.4) is 0 Å². The van der Waals surface area contributed by atoms with Gasteiger partial charge in [0.25, 0.3) is 0 Å². The van der Waals surface area contributed by atoms with Crippen LogP contribution in [0.25, 0.3) is 0 Å². The largest absolute Gasteiger partial charge is 0.495 e. The van der Waals surface area contributed by atoms with Crippen LogP contribution in [0.15, 0.2) is 53.5 Å². The van der Waals surface area contributed by atoms with Gasteiger partial charge < -0.3 is 25.0 Å². The normalized spacial score (nSPS) is 17.0. The van der Waals surface area contributed by atoms with Gasteiger partial charge in [0.05, 0.1) is 25.0 Å². The minimum atomic E-state index is -0.140. The van der Waals surface area contributed by atoms with Gasteiger partial charge in [-0.1, -0.05) is 36.4 Å². The molecule has 1 unspecified atom stereocenters. The first kappa shape index (κ1) is 22.9. The topological polar surface area (TPSA) is 58.1 Å². The maximum Gasteiger partial charge on any atom is 0.191 e. The fourth-order valence-electron chi connectivity index (χ4n) is 3.69. The Morgan fingerprint density at radius 2 is 1.90 bits per heavy atom. The van der Waals surface area contributed by atoms with E-state index in [2.05, 4.69) is 77.7 Å². The van der Waals surface area contributed by atoms with Crippen molar-refractivity contribution in [2.45, 2.75) is 52.0 Å². The second kappa shape index (κ2) is 10.5. The van der Waals surface area contributed by atoms with Crippen molar-refractivity contribution in [2.24, 2.45) is 4.99 Å². The summed E-state index contributed by atoms with van der Waals surface area (Å²) in [5.41, 5.74) is 3.39. The molecule has 0 aliphatic carbocycles. The van der Waals surface area contributed by atoms with E-state index in [9.17, 15) is 0 Å². The van der Waals surface area contributed by atoms with E-state index in [0.29, 0.717) is 19.2 Å². The quantitative estimate of drug-likeness (QED) is 0.521. The van der Waals surface area contributed by atoms with Crippen molar-refractivity contribution in [3.8, 4) is 5.75 Å². The summed E-state index contributed by atoms with van der Waals surface area (Å²) in [5, 5.41) is 7.01. The molecule has 1 aliphatic rings. The molecule has 0 bridgehead atoms. The molecule has 1 fully saturated rings. The molecule has 3 rings (SSSR count). The van der Waals surface area contributed by atoms with E-state index < -0.39 is 0 Å². The Morgan fingerprint density at radius 1 is 1.13 bits per heavy atom. The van der Waals surface area contributed by atoms with E-state index in [1.54, 1.807) is 7.11 Å². The summed E-state index contributed by atoms with van der Waals surface area (Å²) in [4.78, 5) is 6.78. The second-order valence-corrected chi connectivity index (χ2v) is 8.89. The number of anilines is 1. The number of aliphatic imine (C=N–C) groups is 1. The molecule has 1 atom stereocenters. The number of rotatable bonds is 7. The van der Waals surface area contributed by atoms with Gasteiger partial charge in [-0.15, -0.1) is 0 Å². The molecule has 1 heterocycles. The molecule has 1 saturated heterocycles. The summed E-state index contributed by atoms with van der Waals surface area (Å²) >= 11 is 0. The number of nitrogens with zero attached hydrogens (tertiary/aromatic N) is 2. The summed E-state index contributed by atoms with van der Waals surface area (Å²) in [6.45, 7) is 9.47. The highest BCUT2D eigenvalue weighted by atomic mass is 16.5. The zero-order valence-corrected chi connectivity index (χ0v) is 19.4. The summed E-state index contributed by atoms with van der Waals surface area (Å²) < 4.78 is 11.4. The molecule has 0 aromatic heterocycles. The van der Waals surface area contributed by atoms with Crippen molar-refractivity contribution in [1.29, 1.82) is 0 Å². The third-order valence-corrected chi connectivity index (χ3v) is 5.30. The highest BCUT2D eigenvalue weighted by Gasteiger charge is 2.25. The molecule has 6 heteroatoms. The minimum Gasteiger partial charge on any atom is -0.495 e. The van der Waals surface area contributed by atoms with Crippen molar-refractivity contribution in [3.63, 3.8) is 0 Å². The highest BCUT2D eigenvalue weighted by Crippen LogP contribution is 2.30. The first-order valence-corrected chi connectivity index (χ1v) is 10.9. The van der Waals surface area contributed by atoms with Gasteiger partial charge in [0, 0.05) is 32.7 Å². The molecule has 168 valence electrons. The first-order chi connectivity index (χ1) is 14.9. The highest BCUT2D eigenvalue weighted by molar-refractivity contribution is 5.80. The summed E-state index contributed by atoms with van der Waals surface area (Å²) in [6, 6.07) is 17.0. The molecule has 2 aromatic carbocycles. The van der Waals surface area contributed by atoms with E-state index in [1.165, 1.54) is 11.1 Å². The molecule has 2 N–H and O–H groups in total. The smallest absolute Gasteiger partial charge is 0.191 e. The predicted molar refractivity (Wildman–Crippen MR) is 128 cm³/mol. The zero-order chi connectivity index (χ0) is 22.3. The van der Waals surface area contributed by atoms with Crippen molar-refractivity contribution in [2.75, 3.05) is 32.1 Å². The van der Waals surface area contributed by atoms with Crippen LogP contribution in [0, 0.1) is 0 Å². The molecule has 0 saturated carbocycles. The lowest BCUT2D eigenvalue weighted by Crippen LogP contribution is -2.44. The first-order valence-electron chi connectivity index (χ1n) is 10.9. The van der Waals surface area contributed by atoms with Crippen LogP contribution in [0.1, 0.15) is 38.3 Å². The van der Waals surface area contributed by atoms with Gasteiger partial charge in [0.1, 0.15) is 5.75 Å². The number of para-hydroxylation sites is 2. The number of hydrogen-bond acceptors (Lipinski definition) is 4. The van der Waals surface area contributed by atoms with Gasteiger partial charge >= 0.3 is 0 Å². The summed E-state index contributed by atoms with van der Waals surface area (Å²) in [6.07, 6.45) is 1.05. The van der Waals surface area contributed by atoms with Gasteiger partial charge in [0.2, 0.25) is 0 Å². The molecule has 6 nitrogen and oxygen atoms in total. The van der Waals surface area contributed by atoms with Crippen LogP contribution in [-0.2, 0) is 17.9 Å². The van der Waals surface area contributed by atoms with E-state index in [-0.39, 0.29) is 5.60 Å². The van der Waals surface area contributed by atoms with Crippen molar-refractivity contribution < 1.29 is 9.47 Å². The van der Waals surface area contributed by atoms with Crippen molar-refractivity contribution in [3.05, 3.63) is 59.7 Å². The lowest BCUT2D eigenvalue weighted by Gasteiger charge is -2.22. The standard InChI is InChI=1S/C25H36N4O2/c1-25(2,3)31-18-20-10-8-9-19(15-20)16-27-24(26-4)28-21-13-14-29(17-21)22-11-6-7-12-23(22)30-5/h6-12,15,21H,13-14,16-18H2,1-5H3,(H2,26,27,28). The van der Waals surface area contributed by atoms with Gasteiger partial charge in [-0.2, -0.15) is 0 Å². The van der Waals surface area contributed by atoms with Crippen LogP contribution < -0.4 is 20.3 Å². The number of hydrogen-bond donors (Lipinski definition) is 2. The molecule has 0 radical (unpaired) electrons. The van der Waals surface area contributed by atoms with Gasteiger partial charge in [-0.25, -0.2) is 0 Å². The zero-order valence-electron chi connectivity index (χ0n) is 19.4. The minimum absolute atomic E-state index is 0.140. The molecule has 31 heavy (non-hydrogen) atoms. The molecule has 2 aromatic rings. The van der Waals surface area contributed by atoms with E-state index >= 15 is 0 Å². The van der Waals surface area contributed by atoms with Crippen LogP contribution in [0.5, 0.6) is 5.75 Å². The summed E-state index contributed by atoms with van der Waals surface area (Å²) in [7, 11) is 3.54. The number of guanidine groups is 1. The third kappa shape index (κ3) is 6.89. The predicted octanol–water partition coefficient (Wildman–Crippen LogP) is 3.95. The fraction of sp³-hybridized carbons (Fsp3) is 0.480. The SMILES string of the molecule is CN=C(NCc1cccc(COC(C)(C)C)c1)NC1CCN(c2ccccc2OC)C1. The van der Waals surface area contributed by atoms with E-state index in [0.717, 1.165) is 36.9 Å². The lowest BCUT2D eigenvalue weighted by molar-refractivity contribution is -0.0149. The van der Waals surface area contributed by atoms with Crippen molar-refractivity contribution >= 4 is 11.6 Å². The lowest BCUT2D eigenvalue weighted by atomic mass is 10.1. The van der Waals surface area contributed by atoms with Crippen LogP contribution in [0.2, 0.25) is 0 Å². The third-order valence-electron chi connectivity index (χ3n) is 5.30. The van der Waals surface area contributed by atoms with Gasteiger partial charge in [-0.3, -0.25) is 4.99 Å². The van der Waals surface area contributed by atoms with E-state index in [1.807, 2.05) is 19.2 Å². The summed E-state index contributed by atoms with van der Waals surface area (Å²) in [5.74, 6) is 1.74. The maximum absolute atomic E-state index is 5.90. The molecular weight excluding hydrogens is 388 g/mol.